The molecule has 4 rings (SSSR count). The number of carbonyl (C=O) groups is 2. The van der Waals surface area contributed by atoms with Crippen molar-refractivity contribution in [2.45, 2.75) is 13.5 Å². The van der Waals surface area contributed by atoms with E-state index in [4.69, 9.17) is 0 Å². The fourth-order valence-electron chi connectivity index (χ4n) is 3.81. The smallest absolute Gasteiger partial charge is 0.299 e. The molecule has 0 aromatic heterocycles. The number of aryl methyl sites for hydroxylation is 1. The van der Waals surface area contributed by atoms with Crippen LogP contribution in [0, 0.1) is 6.92 Å². The minimum atomic E-state index is -0.399. The van der Waals surface area contributed by atoms with Crippen LogP contribution in [0.2, 0.25) is 0 Å². The molecule has 2 aromatic carbocycles. The predicted octanol–water partition coefficient (Wildman–Crippen LogP) is 1.85. The van der Waals surface area contributed by atoms with E-state index in [1.807, 2.05) is 31.2 Å². The zero-order valence-corrected chi connectivity index (χ0v) is 16.2. The highest BCUT2D eigenvalue weighted by atomic mass is 16.2. The molecule has 2 aliphatic heterocycles. The number of ketones is 1. The highest BCUT2D eigenvalue weighted by Gasteiger charge is 2.35. The summed E-state index contributed by atoms with van der Waals surface area (Å²) in [5, 5.41) is 2.26. The molecule has 28 heavy (non-hydrogen) atoms. The van der Waals surface area contributed by atoms with Crippen molar-refractivity contribution >= 4 is 17.4 Å². The van der Waals surface area contributed by atoms with Gasteiger partial charge < -0.3 is 4.90 Å². The molecule has 1 N–H and O–H groups in total. The topological polar surface area (TPSA) is 55.9 Å². The summed E-state index contributed by atoms with van der Waals surface area (Å²) in [6, 6.07) is 16.0. The number of carbonyl (C=O) groups excluding carboxylic acids is 2. The third-order valence-corrected chi connectivity index (χ3v) is 5.49. The Hall–Kier alpha value is -2.54. The first kappa shape index (κ1) is 18.8. The van der Waals surface area contributed by atoms with Gasteiger partial charge in [-0.05, 0) is 24.6 Å². The second-order valence-corrected chi connectivity index (χ2v) is 7.46. The largest absolute Gasteiger partial charge is 0.303 e. The molecule has 0 unspecified atom stereocenters. The Balaban J connectivity index is 1.26. The van der Waals surface area contributed by atoms with Crippen LogP contribution >= 0.6 is 0 Å². The number of fused-ring (bicyclic) bond motifs is 1. The highest BCUT2D eigenvalue weighted by molar-refractivity contribution is 6.52. The van der Waals surface area contributed by atoms with Crippen LogP contribution in [0.5, 0.6) is 0 Å². The quantitative estimate of drug-likeness (QED) is 0.778. The molecular formula is C22H26N4O2. The number of amides is 1. The maximum Gasteiger partial charge on any atom is 0.299 e. The van der Waals surface area contributed by atoms with Gasteiger partial charge >= 0.3 is 0 Å². The molecule has 2 heterocycles. The van der Waals surface area contributed by atoms with Crippen LogP contribution in [0.15, 0.2) is 48.5 Å². The van der Waals surface area contributed by atoms with E-state index in [0.717, 1.165) is 50.5 Å². The molecule has 0 saturated carbocycles. The van der Waals surface area contributed by atoms with Gasteiger partial charge in [0, 0.05) is 45.8 Å². The summed E-state index contributed by atoms with van der Waals surface area (Å²) in [6.07, 6.45) is 0. The Morgan fingerprint density at radius 2 is 1.68 bits per heavy atom. The van der Waals surface area contributed by atoms with Crippen molar-refractivity contribution in [1.29, 1.82) is 0 Å². The molecule has 6 heteroatoms. The molecule has 0 aliphatic carbocycles. The van der Waals surface area contributed by atoms with Gasteiger partial charge in [-0.25, -0.2) is 5.01 Å². The average Bonchev–Trinajstić information content (AvgIpc) is 2.96. The van der Waals surface area contributed by atoms with Crippen molar-refractivity contribution < 1.29 is 9.59 Å². The van der Waals surface area contributed by atoms with E-state index in [2.05, 4.69) is 39.6 Å². The molecule has 1 fully saturated rings. The summed E-state index contributed by atoms with van der Waals surface area (Å²) in [6.45, 7) is 7.87. The number of hydrogen-bond donors (Lipinski definition) is 1. The predicted molar refractivity (Wildman–Crippen MR) is 109 cm³/mol. The van der Waals surface area contributed by atoms with E-state index in [1.165, 1.54) is 5.56 Å². The number of anilines is 1. The zero-order valence-electron chi connectivity index (χ0n) is 16.2. The van der Waals surface area contributed by atoms with Gasteiger partial charge in [-0.1, -0.05) is 42.0 Å². The number of nitrogens with one attached hydrogen (secondary N) is 1. The second-order valence-electron chi connectivity index (χ2n) is 7.46. The van der Waals surface area contributed by atoms with Crippen molar-refractivity contribution in [2.24, 2.45) is 0 Å². The second kappa shape index (κ2) is 8.22. The van der Waals surface area contributed by atoms with Gasteiger partial charge in [-0.15, -0.1) is 0 Å². The monoisotopic (exact) mass is 378 g/mol. The number of benzene rings is 2. The van der Waals surface area contributed by atoms with E-state index in [1.54, 1.807) is 4.90 Å². The molecule has 0 atom stereocenters. The summed E-state index contributed by atoms with van der Waals surface area (Å²) in [7, 11) is 0. The maximum absolute atomic E-state index is 12.4. The molecule has 146 valence electrons. The van der Waals surface area contributed by atoms with E-state index in [0.29, 0.717) is 12.1 Å². The Bertz CT molecular complexity index is 860. The summed E-state index contributed by atoms with van der Waals surface area (Å²) >= 11 is 0. The zero-order chi connectivity index (χ0) is 19.5. The van der Waals surface area contributed by atoms with Crippen molar-refractivity contribution in [2.75, 3.05) is 44.2 Å². The number of rotatable bonds is 6. The lowest BCUT2D eigenvalue weighted by Crippen LogP contribution is -2.53. The minimum Gasteiger partial charge on any atom is -0.303 e. The number of hydrogen-bond acceptors (Lipinski definition) is 5. The molecule has 1 amide bonds. The lowest BCUT2D eigenvalue weighted by atomic mass is 10.1. The summed E-state index contributed by atoms with van der Waals surface area (Å²) in [5.74, 6) is -0.780. The van der Waals surface area contributed by atoms with E-state index in [-0.39, 0.29) is 5.78 Å². The van der Waals surface area contributed by atoms with Crippen LogP contribution in [0.25, 0.3) is 0 Å². The first-order chi connectivity index (χ1) is 13.6. The van der Waals surface area contributed by atoms with Crippen molar-refractivity contribution in [3.63, 3.8) is 0 Å². The van der Waals surface area contributed by atoms with Gasteiger partial charge in [0.25, 0.3) is 11.7 Å². The van der Waals surface area contributed by atoms with E-state index < -0.39 is 5.91 Å². The Kier molecular flexibility index (Phi) is 5.52. The lowest BCUT2D eigenvalue weighted by Gasteiger charge is -2.35. The van der Waals surface area contributed by atoms with Gasteiger partial charge in [0.15, 0.2) is 0 Å². The number of piperazine rings is 1. The van der Waals surface area contributed by atoms with Gasteiger partial charge in [-0.2, -0.15) is 0 Å². The number of nitrogens with zero attached hydrogens (tertiary/aromatic N) is 3. The molecule has 0 spiro atoms. The Morgan fingerprint density at radius 3 is 2.43 bits per heavy atom. The third kappa shape index (κ3) is 3.99. The molecule has 0 bridgehead atoms. The van der Waals surface area contributed by atoms with E-state index in [9.17, 15) is 9.59 Å². The Morgan fingerprint density at radius 1 is 0.929 bits per heavy atom. The lowest BCUT2D eigenvalue weighted by molar-refractivity contribution is -0.114. The molecule has 1 saturated heterocycles. The van der Waals surface area contributed by atoms with Crippen LogP contribution in [-0.2, 0) is 11.3 Å². The van der Waals surface area contributed by atoms with Crippen LogP contribution in [-0.4, -0.2) is 60.9 Å². The fraction of sp³-hybridized carbons (Fsp3) is 0.364. The normalized spacial score (nSPS) is 18.0. The highest BCUT2D eigenvalue weighted by Crippen LogP contribution is 2.29. The molecule has 2 aliphatic rings. The first-order valence-electron chi connectivity index (χ1n) is 9.83. The van der Waals surface area contributed by atoms with Gasteiger partial charge in [-0.3, -0.25) is 19.9 Å². The molecule has 6 nitrogen and oxygen atoms in total. The SMILES string of the molecule is Cc1ccc2c(c1)C(=O)C(=O)N2CCN1CCN(NCc2ccccc2)CC1. The van der Waals surface area contributed by atoms with Crippen LogP contribution in [0.1, 0.15) is 21.5 Å². The summed E-state index contributed by atoms with van der Waals surface area (Å²) in [4.78, 5) is 28.6. The van der Waals surface area contributed by atoms with Crippen LogP contribution in [0.4, 0.5) is 5.69 Å². The standard InChI is InChI=1S/C22H26N4O2/c1-17-7-8-20-19(15-17)21(27)22(28)26(20)14-11-24-9-12-25(13-10-24)23-16-18-5-3-2-4-6-18/h2-8,15,23H,9-14,16H2,1H3. The summed E-state index contributed by atoms with van der Waals surface area (Å²) in [5.41, 5.74) is 7.05. The third-order valence-electron chi connectivity index (χ3n) is 5.49. The molecule has 2 aromatic rings. The van der Waals surface area contributed by atoms with Gasteiger partial charge in [0.05, 0.1) is 11.3 Å². The molecule has 0 radical (unpaired) electrons. The van der Waals surface area contributed by atoms with E-state index >= 15 is 0 Å². The molecular weight excluding hydrogens is 352 g/mol. The van der Waals surface area contributed by atoms with Gasteiger partial charge in [0.1, 0.15) is 0 Å². The van der Waals surface area contributed by atoms with Crippen molar-refractivity contribution in [3.05, 3.63) is 65.2 Å². The number of hydrazine groups is 1. The Labute approximate surface area is 165 Å². The fourth-order valence-corrected chi connectivity index (χ4v) is 3.81. The minimum absolute atomic E-state index is 0.381. The van der Waals surface area contributed by atoms with Crippen LogP contribution in [0.3, 0.4) is 0 Å². The van der Waals surface area contributed by atoms with Gasteiger partial charge in [0.2, 0.25) is 0 Å². The first-order valence-corrected chi connectivity index (χ1v) is 9.83. The van der Waals surface area contributed by atoms with Crippen molar-refractivity contribution in [3.8, 4) is 0 Å². The number of Topliss-reactive ketones (excluding diaryl/α,β-unsaturated/α-hetero) is 1. The summed E-state index contributed by atoms with van der Waals surface area (Å²) < 4.78 is 0. The van der Waals surface area contributed by atoms with Crippen molar-refractivity contribution in [1.82, 2.24) is 15.3 Å². The average molecular weight is 378 g/mol. The van der Waals surface area contributed by atoms with Crippen LogP contribution < -0.4 is 10.3 Å². The maximum atomic E-state index is 12.4.